The summed E-state index contributed by atoms with van der Waals surface area (Å²) >= 11 is 5.85. The van der Waals surface area contributed by atoms with E-state index in [4.69, 9.17) is 11.6 Å². The molecule has 6 heteroatoms. The normalized spacial score (nSPS) is 11.3. The summed E-state index contributed by atoms with van der Waals surface area (Å²) in [6.45, 7) is 1.88. The van der Waals surface area contributed by atoms with Crippen molar-refractivity contribution >= 4 is 27.3 Å². The summed E-state index contributed by atoms with van der Waals surface area (Å²) in [5.41, 5.74) is 1.43. The molecule has 0 atom stereocenters. The van der Waals surface area contributed by atoms with Crippen molar-refractivity contribution in [3.05, 3.63) is 59.4 Å². The quantitative estimate of drug-likeness (QED) is 0.852. The minimum absolute atomic E-state index is 0.0376. The van der Waals surface area contributed by atoms with Crippen molar-refractivity contribution in [2.45, 2.75) is 13.5 Å². The lowest BCUT2D eigenvalue weighted by atomic mass is 10.2. The first-order valence-electron chi connectivity index (χ1n) is 6.18. The van der Waals surface area contributed by atoms with Crippen molar-refractivity contribution in [1.82, 2.24) is 4.98 Å². The number of anilines is 1. The van der Waals surface area contributed by atoms with Gasteiger partial charge < -0.3 is 0 Å². The van der Waals surface area contributed by atoms with Crippen molar-refractivity contribution in [1.29, 1.82) is 0 Å². The lowest BCUT2D eigenvalue weighted by Crippen LogP contribution is -2.31. The molecule has 0 aliphatic carbocycles. The molecule has 1 heterocycles. The number of hydrogen-bond donors (Lipinski definition) is 0. The summed E-state index contributed by atoms with van der Waals surface area (Å²) in [6, 6.07) is 10.4. The summed E-state index contributed by atoms with van der Waals surface area (Å²) in [5.74, 6) is 0.0376. The van der Waals surface area contributed by atoms with E-state index in [0.29, 0.717) is 10.7 Å². The average molecular weight is 311 g/mol. The van der Waals surface area contributed by atoms with Crippen LogP contribution in [0, 0.1) is 0 Å². The van der Waals surface area contributed by atoms with Crippen LogP contribution in [0.2, 0.25) is 5.02 Å². The summed E-state index contributed by atoms with van der Waals surface area (Å²) in [6.07, 6.45) is 3.32. The molecule has 0 aliphatic rings. The van der Waals surface area contributed by atoms with Gasteiger partial charge >= 0.3 is 0 Å². The molecule has 0 unspecified atom stereocenters. The lowest BCUT2D eigenvalue weighted by Gasteiger charge is -2.23. The van der Waals surface area contributed by atoms with Crippen molar-refractivity contribution in [2.24, 2.45) is 0 Å². The van der Waals surface area contributed by atoms with Crippen LogP contribution in [0.25, 0.3) is 0 Å². The van der Waals surface area contributed by atoms with Crippen molar-refractivity contribution in [3.63, 3.8) is 0 Å². The maximum absolute atomic E-state index is 12.3. The van der Waals surface area contributed by atoms with Gasteiger partial charge in [-0.15, -0.1) is 0 Å². The molecule has 1 aromatic heterocycles. The van der Waals surface area contributed by atoms with Gasteiger partial charge in [-0.05, 0) is 42.8 Å². The molecular weight excluding hydrogens is 296 g/mol. The number of rotatable bonds is 5. The number of hydrogen-bond acceptors (Lipinski definition) is 3. The summed E-state index contributed by atoms with van der Waals surface area (Å²) in [7, 11) is -3.36. The van der Waals surface area contributed by atoms with Crippen LogP contribution in [0.5, 0.6) is 0 Å². The van der Waals surface area contributed by atoms with Gasteiger partial charge in [0.25, 0.3) is 0 Å². The topological polar surface area (TPSA) is 50.3 Å². The zero-order valence-corrected chi connectivity index (χ0v) is 12.6. The van der Waals surface area contributed by atoms with E-state index in [1.807, 2.05) is 6.07 Å². The maximum atomic E-state index is 12.3. The fourth-order valence-electron chi connectivity index (χ4n) is 1.77. The smallest absolute Gasteiger partial charge is 0.235 e. The van der Waals surface area contributed by atoms with Crippen LogP contribution in [0.3, 0.4) is 0 Å². The van der Waals surface area contributed by atoms with E-state index < -0.39 is 10.0 Å². The average Bonchev–Trinajstić information content (AvgIpc) is 2.47. The van der Waals surface area contributed by atoms with Crippen molar-refractivity contribution < 1.29 is 8.42 Å². The van der Waals surface area contributed by atoms with Crippen LogP contribution in [0.15, 0.2) is 48.8 Å². The standard InChI is InChI=1S/C14H15ClN2O2S/c1-2-20(18,19)17(11-12-4-3-9-16-10-12)14-7-5-13(15)6-8-14/h3-10H,2,11H2,1H3. The number of pyridine rings is 1. The van der Waals surface area contributed by atoms with Gasteiger partial charge in [0.15, 0.2) is 0 Å². The third-order valence-electron chi connectivity index (χ3n) is 2.86. The van der Waals surface area contributed by atoms with Gasteiger partial charge in [0.1, 0.15) is 0 Å². The molecule has 0 spiro atoms. The Morgan fingerprint density at radius 2 is 1.90 bits per heavy atom. The Labute approximate surface area is 124 Å². The SMILES string of the molecule is CCS(=O)(=O)N(Cc1cccnc1)c1ccc(Cl)cc1. The molecule has 0 saturated heterocycles. The Bertz CT molecular complexity index is 657. The van der Waals surface area contributed by atoms with Crippen LogP contribution in [0.4, 0.5) is 5.69 Å². The summed E-state index contributed by atoms with van der Waals surface area (Å²) in [4.78, 5) is 4.01. The minimum Gasteiger partial charge on any atom is -0.266 e. The van der Waals surface area contributed by atoms with Gasteiger partial charge in [-0.25, -0.2) is 8.42 Å². The molecule has 0 fully saturated rings. The fraction of sp³-hybridized carbons (Fsp3) is 0.214. The van der Waals surface area contributed by atoms with E-state index >= 15 is 0 Å². The predicted octanol–water partition coefficient (Wildman–Crippen LogP) is 3.09. The monoisotopic (exact) mass is 310 g/mol. The van der Waals surface area contributed by atoms with E-state index in [0.717, 1.165) is 5.56 Å². The molecule has 106 valence electrons. The Kier molecular flexibility index (Phi) is 4.62. The Hall–Kier alpha value is -1.59. The van der Waals surface area contributed by atoms with Crippen LogP contribution < -0.4 is 4.31 Å². The molecule has 2 aromatic rings. The minimum atomic E-state index is -3.36. The highest BCUT2D eigenvalue weighted by molar-refractivity contribution is 7.92. The predicted molar refractivity (Wildman–Crippen MR) is 81.3 cm³/mol. The number of halogens is 1. The second kappa shape index (κ2) is 6.24. The van der Waals surface area contributed by atoms with E-state index in [2.05, 4.69) is 4.98 Å². The van der Waals surface area contributed by atoms with Crippen LogP contribution in [-0.2, 0) is 16.6 Å². The van der Waals surface area contributed by atoms with Gasteiger partial charge in [-0.2, -0.15) is 0 Å². The molecular formula is C14H15ClN2O2S. The molecule has 0 bridgehead atoms. The molecule has 4 nitrogen and oxygen atoms in total. The van der Waals surface area contributed by atoms with Gasteiger partial charge in [-0.3, -0.25) is 9.29 Å². The van der Waals surface area contributed by atoms with E-state index in [9.17, 15) is 8.42 Å². The van der Waals surface area contributed by atoms with Crippen LogP contribution in [0.1, 0.15) is 12.5 Å². The van der Waals surface area contributed by atoms with Crippen LogP contribution >= 0.6 is 11.6 Å². The second-order valence-corrected chi connectivity index (χ2v) is 6.86. The Balaban J connectivity index is 2.38. The summed E-state index contributed by atoms with van der Waals surface area (Å²) < 4.78 is 25.9. The summed E-state index contributed by atoms with van der Waals surface area (Å²) in [5, 5.41) is 0.573. The van der Waals surface area contributed by atoms with Crippen molar-refractivity contribution in [2.75, 3.05) is 10.1 Å². The van der Waals surface area contributed by atoms with E-state index in [1.165, 1.54) is 4.31 Å². The Morgan fingerprint density at radius 3 is 2.45 bits per heavy atom. The Morgan fingerprint density at radius 1 is 1.20 bits per heavy atom. The largest absolute Gasteiger partial charge is 0.266 e. The highest BCUT2D eigenvalue weighted by Gasteiger charge is 2.20. The zero-order valence-electron chi connectivity index (χ0n) is 11.0. The number of aromatic nitrogens is 1. The first-order valence-corrected chi connectivity index (χ1v) is 8.16. The van der Waals surface area contributed by atoms with Gasteiger partial charge in [0.05, 0.1) is 18.0 Å². The molecule has 20 heavy (non-hydrogen) atoms. The molecule has 0 radical (unpaired) electrons. The lowest BCUT2D eigenvalue weighted by molar-refractivity contribution is 0.591. The zero-order chi connectivity index (χ0) is 14.6. The molecule has 0 saturated carbocycles. The molecule has 0 amide bonds. The number of sulfonamides is 1. The molecule has 0 aliphatic heterocycles. The van der Waals surface area contributed by atoms with E-state index in [1.54, 1.807) is 49.6 Å². The molecule has 0 N–H and O–H groups in total. The molecule has 2 rings (SSSR count). The maximum Gasteiger partial charge on any atom is 0.235 e. The third kappa shape index (κ3) is 3.49. The van der Waals surface area contributed by atoms with Gasteiger partial charge in [0, 0.05) is 17.4 Å². The van der Waals surface area contributed by atoms with Gasteiger partial charge in [0.2, 0.25) is 10.0 Å². The highest BCUT2D eigenvalue weighted by atomic mass is 35.5. The van der Waals surface area contributed by atoms with Crippen molar-refractivity contribution in [3.8, 4) is 0 Å². The number of benzene rings is 1. The highest BCUT2D eigenvalue weighted by Crippen LogP contribution is 2.23. The second-order valence-electron chi connectivity index (χ2n) is 4.24. The third-order valence-corrected chi connectivity index (χ3v) is 4.86. The van der Waals surface area contributed by atoms with E-state index in [-0.39, 0.29) is 12.3 Å². The first-order chi connectivity index (χ1) is 9.53. The number of nitrogens with zero attached hydrogens (tertiary/aromatic N) is 2. The van der Waals surface area contributed by atoms with Gasteiger partial charge in [-0.1, -0.05) is 17.7 Å². The first kappa shape index (κ1) is 14.8. The molecule has 1 aromatic carbocycles. The fourth-order valence-corrected chi connectivity index (χ4v) is 3.00. The van der Waals surface area contributed by atoms with Crippen LogP contribution in [-0.4, -0.2) is 19.2 Å².